The van der Waals surface area contributed by atoms with Crippen LogP contribution in [0.1, 0.15) is 19.8 Å². The van der Waals surface area contributed by atoms with E-state index in [-0.39, 0.29) is 0 Å². The summed E-state index contributed by atoms with van der Waals surface area (Å²) >= 11 is 1.95. The molecule has 1 N–H and O–H groups in total. The van der Waals surface area contributed by atoms with E-state index in [9.17, 15) is 0 Å². The molecule has 1 unspecified atom stereocenters. The Morgan fingerprint density at radius 1 is 1.58 bits per heavy atom. The van der Waals surface area contributed by atoms with Crippen LogP contribution >= 0.6 is 11.8 Å². The van der Waals surface area contributed by atoms with E-state index in [1.807, 2.05) is 11.8 Å². The van der Waals surface area contributed by atoms with E-state index < -0.39 is 0 Å². The zero-order valence-electron chi connectivity index (χ0n) is 7.84. The number of ether oxygens (including phenoxy) is 1. The molecule has 3 heteroatoms. The third-order valence-electron chi connectivity index (χ3n) is 2.06. The van der Waals surface area contributed by atoms with Gasteiger partial charge in [-0.25, -0.2) is 0 Å². The van der Waals surface area contributed by atoms with Gasteiger partial charge in [0.25, 0.3) is 0 Å². The van der Waals surface area contributed by atoms with Gasteiger partial charge >= 0.3 is 0 Å². The Labute approximate surface area is 79.4 Å². The van der Waals surface area contributed by atoms with Gasteiger partial charge in [-0.3, -0.25) is 0 Å². The molecule has 2 nitrogen and oxygen atoms in total. The van der Waals surface area contributed by atoms with Crippen molar-refractivity contribution < 1.29 is 4.74 Å². The SMILES string of the molecule is CCSCCOCC1CCCN1. The molecule has 1 atom stereocenters. The van der Waals surface area contributed by atoms with Crippen molar-refractivity contribution in [2.24, 2.45) is 0 Å². The second kappa shape index (κ2) is 6.75. The highest BCUT2D eigenvalue weighted by atomic mass is 32.2. The van der Waals surface area contributed by atoms with Crippen LogP contribution in [0.2, 0.25) is 0 Å². The average Bonchev–Trinajstić information content (AvgIpc) is 2.57. The van der Waals surface area contributed by atoms with Gasteiger partial charge in [-0.05, 0) is 25.1 Å². The summed E-state index contributed by atoms with van der Waals surface area (Å²) in [6.45, 7) is 5.18. The van der Waals surface area contributed by atoms with Crippen molar-refractivity contribution in [3.05, 3.63) is 0 Å². The van der Waals surface area contributed by atoms with Crippen LogP contribution in [0.25, 0.3) is 0 Å². The first kappa shape index (κ1) is 10.4. The monoisotopic (exact) mass is 189 g/mol. The molecule has 1 rings (SSSR count). The molecule has 0 amide bonds. The smallest absolute Gasteiger partial charge is 0.0620 e. The minimum Gasteiger partial charge on any atom is -0.379 e. The zero-order chi connectivity index (χ0) is 8.65. The van der Waals surface area contributed by atoms with Crippen LogP contribution in [0.5, 0.6) is 0 Å². The number of hydrogen-bond donors (Lipinski definition) is 1. The summed E-state index contributed by atoms with van der Waals surface area (Å²) in [5.74, 6) is 2.34. The van der Waals surface area contributed by atoms with Gasteiger partial charge in [-0.15, -0.1) is 0 Å². The van der Waals surface area contributed by atoms with E-state index in [2.05, 4.69) is 12.2 Å². The van der Waals surface area contributed by atoms with Gasteiger partial charge in [0.15, 0.2) is 0 Å². The van der Waals surface area contributed by atoms with Crippen LogP contribution < -0.4 is 5.32 Å². The molecular weight excluding hydrogens is 170 g/mol. The molecule has 12 heavy (non-hydrogen) atoms. The number of thioether (sulfide) groups is 1. The van der Waals surface area contributed by atoms with Crippen molar-refractivity contribution in [2.45, 2.75) is 25.8 Å². The molecule has 1 heterocycles. The Hall–Kier alpha value is 0.270. The quantitative estimate of drug-likeness (QED) is 0.640. The molecule has 0 bridgehead atoms. The van der Waals surface area contributed by atoms with Gasteiger partial charge in [0, 0.05) is 11.8 Å². The molecule has 1 saturated heterocycles. The second-order valence-electron chi connectivity index (χ2n) is 3.07. The standard InChI is InChI=1S/C9H19NOS/c1-2-12-7-6-11-8-9-4-3-5-10-9/h9-10H,2-8H2,1H3. The summed E-state index contributed by atoms with van der Waals surface area (Å²) in [6.07, 6.45) is 2.61. The molecule has 0 saturated carbocycles. The van der Waals surface area contributed by atoms with E-state index >= 15 is 0 Å². The fourth-order valence-corrected chi connectivity index (χ4v) is 1.91. The third-order valence-corrected chi connectivity index (χ3v) is 2.92. The molecule has 0 aromatic rings. The minimum absolute atomic E-state index is 0.636. The van der Waals surface area contributed by atoms with Crippen LogP contribution in [0.4, 0.5) is 0 Å². The summed E-state index contributed by atoms with van der Waals surface area (Å²) in [4.78, 5) is 0. The Bertz CT molecular complexity index is 105. The maximum Gasteiger partial charge on any atom is 0.0620 e. The summed E-state index contributed by atoms with van der Waals surface area (Å²) < 4.78 is 5.54. The normalized spacial score (nSPS) is 23.2. The van der Waals surface area contributed by atoms with Gasteiger partial charge in [0.05, 0.1) is 13.2 Å². The summed E-state index contributed by atoms with van der Waals surface area (Å²) in [5, 5.41) is 3.42. The topological polar surface area (TPSA) is 21.3 Å². The highest BCUT2D eigenvalue weighted by Crippen LogP contribution is 2.05. The Kier molecular flexibility index (Phi) is 5.82. The summed E-state index contributed by atoms with van der Waals surface area (Å²) in [6, 6.07) is 0.636. The van der Waals surface area contributed by atoms with Crippen molar-refractivity contribution in [2.75, 3.05) is 31.3 Å². The average molecular weight is 189 g/mol. The highest BCUT2D eigenvalue weighted by Gasteiger charge is 2.12. The molecule has 1 aliphatic rings. The van der Waals surface area contributed by atoms with E-state index in [0.717, 1.165) is 19.0 Å². The maximum absolute atomic E-state index is 5.54. The van der Waals surface area contributed by atoms with E-state index in [1.54, 1.807) is 0 Å². The van der Waals surface area contributed by atoms with Crippen molar-refractivity contribution in [3.8, 4) is 0 Å². The number of nitrogens with one attached hydrogen (secondary N) is 1. The molecule has 0 aromatic heterocycles. The van der Waals surface area contributed by atoms with Crippen molar-refractivity contribution in [3.63, 3.8) is 0 Å². The fraction of sp³-hybridized carbons (Fsp3) is 1.00. The van der Waals surface area contributed by atoms with E-state index in [0.29, 0.717) is 6.04 Å². The first-order chi connectivity index (χ1) is 5.93. The van der Waals surface area contributed by atoms with Crippen LogP contribution in [0, 0.1) is 0 Å². The zero-order valence-corrected chi connectivity index (χ0v) is 8.66. The van der Waals surface area contributed by atoms with Gasteiger partial charge in [0.2, 0.25) is 0 Å². The summed E-state index contributed by atoms with van der Waals surface area (Å²) in [7, 11) is 0. The lowest BCUT2D eigenvalue weighted by molar-refractivity contribution is 0.130. The second-order valence-corrected chi connectivity index (χ2v) is 4.46. The molecule has 0 spiro atoms. The van der Waals surface area contributed by atoms with E-state index in [4.69, 9.17) is 4.74 Å². The molecular formula is C9H19NOS. The largest absolute Gasteiger partial charge is 0.379 e. The first-order valence-electron chi connectivity index (χ1n) is 4.82. The Balaban J connectivity index is 1.81. The highest BCUT2D eigenvalue weighted by molar-refractivity contribution is 7.99. The van der Waals surface area contributed by atoms with Crippen LogP contribution in [0.3, 0.4) is 0 Å². The van der Waals surface area contributed by atoms with Gasteiger partial charge < -0.3 is 10.1 Å². The lowest BCUT2D eigenvalue weighted by Crippen LogP contribution is -2.27. The van der Waals surface area contributed by atoms with Crippen molar-refractivity contribution in [1.29, 1.82) is 0 Å². The minimum atomic E-state index is 0.636. The van der Waals surface area contributed by atoms with Gasteiger partial charge in [0.1, 0.15) is 0 Å². The Morgan fingerprint density at radius 2 is 2.50 bits per heavy atom. The lowest BCUT2D eigenvalue weighted by atomic mass is 10.2. The first-order valence-corrected chi connectivity index (χ1v) is 5.98. The predicted octanol–water partition coefficient (Wildman–Crippen LogP) is 1.51. The van der Waals surface area contributed by atoms with Crippen LogP contribution in [-0.2, 0) is 4.74 Å². The Morgan fingerprint density at radius 3 is 3.17 bits per heavy atom. The van der Waals surface area contributed by atoms with Gasteiger partial charge in [-0.2, -0.15) is 11.8 Å². The van der Waals surface area contributed by atoms with Crippen molar-refractivity contribution >= 4 is 11.8 Å². The van der Waals surface area contributed by atoms with Gasteiger partial charge in [-0.1, -0.05) is 6.92 Å². The number of rotatable bonds is 6. The molecule has 1 aliphatic heterocycles. The molecule has 0 aromatic carbocycles. The lowest BCUT2D eigenvalue weighted by Gasteiger charge is -2.09. The number of hydrogen-bond acceptors (Lipinski definition) is 3. The maximum atomic E-state index is 5.54. The molecule has 0 aliphatic carbocycles. The van der Waals surface area contributed by atoms with Crippen LogP contribution in [-0.4, -0.2) is 37.3 Å². The van der Waals surface area contributed by atoms with Crippen LogP contribution in [0.15, 0.2) is 0 Å². The predicted molar refractivity (Wildman–Crippen MR) is 54.8 cm³/mol. The third kappa shape index (κ3) is 4.33. The summed E-state index contributed by atoms with van der Waals surface area (Å²) in [5.41, 5.74) is 0. The van der Waals surface area contributed by atoms with E-state index in [1.165, 1.54) is 25.1 Å². The molecule has 0 radical (unpaired) electrons. The molecule has 72 valence electrons. The molecule has 1 fully saturated rings. The fourth-order valence-electron chi connectivity index (χ4n) is 1.39. The van der Waals surface area contributed by atoms with Crippen molar-refractivity contribution in [1.82, 2.24) is 5.32 Å².